The maximum Gasteiger partial charge on any atom is 0.0695 e. The van der Waals surface area contributed by atoms with E-state index in [-0.39, 0.29) is 23.6 Å². The van der Waals surface area contributed by atoms with Crippen LogP contribution in [0.4, 0.5) is 0 Å². The normalized spacial score (nSPS) is 25.0. The van der Waals surface area contributed by atoms with Crippen molar-refractivity contribution in [2.24, 2.45) is 11.1 Å². The van der Waals surface area contributed by atoms with Crippen LogP contribution in [0.15, 0.2) is 30.3 Å². The summed E-state index contributed by atoms with van der Waals surface area (Å²) in [4.78, 5) is 2.31. The molecular weight excluding hydrogens is 260 g/mol. The molecule has 0 aromatic heterocycles. The Morgan fingerprint density at radius 3 is 2.48 bits per heavy atom. The lowest BCUT2D eigenvalue weighted by molar-refractivity contribution is 0.0133. The number of aliphatic hydroxyl groups excluding tert-OH is 1. The molecule has 1 aromatic carbocycles. The van der Waals surface area contributed by atoms with Crippen molar-refractivity contribution in [3.05, 3.63) is 35.9 Å². The van der Waals surface area contributed by atoms with Crippen molar-refractivity contribution in [3.8, 4) is 0 Å². The summed E-state index contributed by atoms with van der Waals surface area (Å²) < 4.78 is 0. The summed E-state index contributed by atoms with van der Waals surface area (Å²) in [7, 11) is 2.12. The van der Waals surface area contributed by atoms with Gasteiger partial charge in [-0.15, -0.1) is 0 Å². The average molecular weight is 290 g/mol. The molecule has 1 fully saturated rings. The van der Waals surface area contributed by atoms with E-state index in [1.807, 2.05) is 18.2 Å². The van der Waals surface area contributed by atoms with Crippen molar-refractivity contribution in [3.63, 3.8) is 0 Å². The summed E-state index contributed by atoms with van der Waals surface area (Å²) in [6.07, 6.45) is 4.21. The lowest BCUT2D eigenvalue weighted by Gasteiger charge is -2.41. The van der Waals surface area contributed by atoms with Gasteiger partial charge in [-0.1, -0.05) is 57.0 Å². The van der Waals surface area contributed by atoms with Gasteiger partial charge in [0.15, 0.2) is 0 Å². The largest absolute Gasteiger partial charge is 0.391 e. The Bertz CT molecular complexity index is 432. The lowest BCUT2D eigenvalue weighted by atomic mass is 9.79. The molecule has 1 aliphatic rings. The van der Waals surface area contributed by atoms with Crippen molar-refractivity contribution in [2.45, 2.75) is 57.7 Å². The maximum absolute atomic E-state index is 10.2. The fraction of sp³-hybridized carbons (Fsp3) is 0.667. The molecule has 0 heterocycles. The van der Waals surface area contributed by atoms with Gasteiger partial charge in [0.25, 0.3) is 0 Å². The van der Waals surface area contributed by atoms with Crippen LogP contribution in [-0.4, -0.2) is 35.7 Å². The smallest absolute Gasteiger partial charge is 0.0695 e. The van der Waals surface area contributed by atoms with E-state index in [0.717, 1.165) is 25.8 Å². The first-order valence-electron chi connectivity index (χ1n) is 8.10. The van der Waals surface area contributed by atoms with E-state index in [2.05, 4.69) is 37.9 Å². The van der Waals surface area contributed by atoms with E-state index < -0.39 is 0 Å². The van der Waals surface area contributed by atoms with Crippen molar-refractivity contribution in [1.29, 1.82) is 0 Å². The van der Waals surface area contributed by atoms with Crippen molar-refractivity contribution in [1.82, 2.24) is 4.90 Å². The van der Waals surface area contributed by atoms with Crippen LogP contribution in [0.25, 0.3) is 0 Å². The van der Waals surface area contributed by atoms with E-state index >= 15 is 0 Å². The molecule has 0 amide bonds. The van der Waals surface area contributed by atoms with E-state index in [0.29, 0.717) is 0 Å². The number of benzene rings is 1. The van der Waals surface area contributed by atoms with Crippen LogP contribution in [0.5, 0.6) is 0 Å². The monoisotopic (exact) mass is 290 g/mol. The van der Waals surface area contributed by atoms with Gasteiger partial charge in [-0.2, -0.15) is 0 Å². The second-order valence-corrected chi connectivity index (χ2v) is 7.21. The van der Waals surface area contributed by atoms with Gasteiger partial charge in [-0.25, -0.2) is 0 Å². The zero-order valence-corrected chi connectivity index (χ0v) is 13.6. The number of likely N-dealkylation sites (N-methyl/N-ethyl adjacent to an activating group) is 1. The van der Waals surface area contributed by atoms with Gasteiger partial charge < -0.3 is 15.7 Å². The molecule has 1 saturated carbocycles. The number of aliphatic hydroxyl groups is 1. The van der Waals surface area contributed by atoms with Gasteiger partial charge in [0.1, 0.15) is 0 Å². The first-order chi connectivity index (χ1) is 9.92. The SMILES string of the molecule is CN(CC(C)(C)C(N)c1ccccc1)C1CCCCC1O. The summed E-state index contributed by atoms with van der Waals surface area (Å²) in [6.45, 7) is 5.33. The molecule has 3 nitrogen and oxygen atoms in total. The second kappa shape index (κ2) is 6.91. The quantitative estimate of drug-likeness (QED) is 0.876. The van der Waals surface area contributed by atoms with Crippen molar-refractivity contribution >= 4 is 0 Å². The van der Waals surface area contributed by atoms with Gasteiger partial charge in [0.05, 0.1) is 6.10 Å². The molecule has 118 valence electrons. The van der Waals surface area contributed by atoms with E-state index in [1.165, 1.54) is 12.0 Å². The summed E-state index contributed by atoms with van der Waals surface area (Å²) in [5.41, 5.74) is 7.64. The van der Waals surface area contributed by atoms with Crippen LogP contribution in [0.2, 0.25) is 0 Å². The Balaban J connectivity index is 2.02. The van der Waals surface area contributed by atoms with Crippen molar-refractivity contribution in [2.75, 3.05) is 13.6 Å². The molecule has 1 aliphatic carbocycles. The van der Waals surface area contributed by atoms with Crippen LogP contribution in [-0.2, 0) is 0 Å². The summed E-state index contributed by atoms with van der Waals surface area (Å²) in [5.74, 6) is 0. The number of hydrogen-bond donors (Lipinski definition) is 2. The first-order valence-corrected chi connectivity index (χ1v) is 8.10. The minimum Gasteiger partial charge on any atom is -0.391 e. The Labute approximate surface area is 129 Å². The molecule has 0 radical (unpaired) electrons. The third-order valence-corrected chi connectivity index (χ3v) is 4.92. The molecule has 3 unspecified atom stereocenters. The topological polar surface area (TPSA) is 49.5 Å². The Hall–Kier alpha value is -0.900. The predicted molar refractivity (Wildman–Crippen MR) is 88.0 cm³/mol. The number of nitrogens with two attached hydrogens (primary N) is 1. The van der Waals surface area contributed by atoms with Gasteiger partial charge in [-0.3, -0.25) is 0 Å². The molecule has 21 heavy (non-hydrogen) atoms. The number of rotatable bonds is 5. The van der Waals surface area contributed by atoms with Gasteiger partial charge >= 0.3 is 0 Å². The van der Waals surface area contributed by atoms with Crippen molar-refractivity contribution < 1.29 is 5.11 Å². The molecule has 2 rings (SSSR count). The fourth-order valence-corrected chi connectivity index (χ4v) is 3.58. The molecule has 3 N–H and O–H groups in total. The lowest BCUT2D eigenvalue weighted by Crippen LogP contribution is -2.48. The van der Waals surface area contributed by atoms with Crippen LogP contribution in [0.1, 0.15) is 51.1 Å². The molecule has 1 aromatic rings. The van der Waals surface area contributed by atoms with Crippen LogP contribution in [0, 0.1) is 5.41 Å². The minimum absolute atomic E-state index is 0.00174. The highest BCUT2D eigenvalue weighted by Crippen LogP contribution is 2.33. The van der Waals surface area contributed by atoms with E-state index in [9.17, 15) is 5.11 Å². The zero-order chi connectivity index (χ0) is 15.5. The molecule has 0 aliphatic heterocycles. The standard InChI is InChI=1S/C18H30N2O/c1-18(2,17(19)14-9-5-4-6-10-14)13-20(3)15-11-7-8-12-16(15)21/h4-6,9-10,15-17,21H,7-8,11-13,19H2,1-3H3. The Morgan fingerprint density at radius 1 is 1.24 bits per heavy atom. The summed E-state index contributed by atoms with van der Waals surface area (Å²) in [5, 5.41) is 10.2. The van der Waals surface area contributed by atoms with Gasteiger partial charge in [0, 0.05) is 18.6 Å². The van der Waals surface area contributed by atoms with Crippen LogP contribution >= 0.6 is 0 Å². The number of nitrogens with zero attached hydrogens (tertiary/aromatic N) is 1. The zero-order valence-electron chi connectivity index (χ0n) is 13.6. The molecular formula is C18H30N2O. The molecule has 0 bridgehead atoms. The molecule has 0 saturated heterocycles. The number of hydrogen-bond acceptors (Lipinski definition) is 3. The highest BCUT2D eigenvalue weighted by molar-refractivity contribution is 5.20. The van der Waals surface area contributed by atoms with Gasteiger partial charge in [-0.05, 0) is 30.9 Å². The summed E-state index contributed by atoms with van der Waals surface area (Å²) >= 11 is 0. The third-order valence-electron chi connectivity index (χ3n) is 4.92. The molecule has 0 spiro atoms. The Morgan fingerprint density at radius 2 is 1.86 bits per heavy atom. The van der Waals surface area contributed by atoms with Crippen LogP contribution < -0.4 is 5.73 Å². The predicted octanol–water partition coefficient (Wildman–Crippen LogP) is 2.95. The average Bonchev–Trinajstić information content (AvgIpc) is 2.47. The van der Waals surface area contributed by atoms with Crippen LogP contribution in [0.3, 0.4) is 0 Å². The minimum atomic E-state index is -0.188. The van der Waals surface area contributed by atoms with Gasteiger partial charge in [0.2, 0.25) is 0 Å². The first kappa shape index (κ1) is 16.5. The Kier molecular flexibility index (Phi) is 5.42. The van der Waals surface area contributed by atoms with E-state index in [4.69, 9.17) is 5.73 Å². The second-order valence-electron chi connectivity index (χ2n) is 7.21. The highest BCUT2D eigenvalue weighted by Gasteiger charge is 2.33. The maximum atomic E-state index is 10.2. The fourth-order valence-electron chi connectivity index (χ4n) is 3.58. The molecule has 3 heteroatoms. The third kappa shape index (κ3) is 4.06. The molecule has 3 atom stereocenters. The highest BCUT2D eigenvalue weighted by atomic mass is 16.3. The van der Waals surface area contributed by atoms with E-state index in [1.54, 1.807) is 0 Å². The summed E-state index contributed by atoms with van der Waals surface area (Å²) in [6, 6.07) is 10.6.